The van der Waals surface area contributed by atoms with Gasteiger partial charge in [-0.25, -0.2) is 0 Å². The molecule has 6 heteroatoms. The van der Waals surface area contributed by atoms with Crippen molar-refractivity contribution in [2.45, 2.75) is 25.7 Å². The number of halogens is 1. The van der Waals surface area contributed by atoms with E-state index in [0.717, 1.165) is 19.3 Å². The highest BCUT2D eigenvalue weighted by atomic mass is 79.9. The van der Waals surface area contributed by atoms with Crippen molar-refractivity contribution >= 4 is 27.8 Å². The fourth-order valence-electron chi connectivity index (χ4n) is 2.47. The van der Waals surface area contributed by atoms with Crippen molar-refractivity contribution in [1.82, 2.24) is 5.32 Å². The Balaban J connectivity index is 1.99. The maximum atomic E-state index is 12.0. The van der Waals surface area contributed by atoms with Gasteiger partial charge in [0.15, 0.2) is 0 Å². The lowest BCUT2D eigenvalue weighted by atomic mass is 9.66. The average Bonchev–Trinajstić information content (AvgIpc) is 2.31. The second kappa shape index (κ2) is 5.83. The number of hydrogen-bond acceptors (Lipinski definition) is 3. The predicted octanol–water partition coefficient (Wildman–Crippen LogP) is 2.53. The number of nitrogens with one attached hydrogen (secondary N) is 1. The number of aliphatic carboxylic acids is 1. The van der Waals surface area contributed by atoms with E-state index in [2.05, 4.69) is 21.2 Å². The Hall–Kier alpha value is -1.56. The zero-order valence-electron chi connectivity index (χ0n) is 10.9. The smallest absolute Gasteiger partial charge is 0.303 e. The lowest BCUT2D eigenvalue weighted by Crippen LogP contribution is -2.43. The highest BCUT2D eigenvalue weighted by molar-refractivity contribution is 9.10. The van der Waals surface area contributed by atoms with Gasteiger partial charge in [0, 0.05) is 11.0 Å². The van der Waals surface area contributed by atoms with Crippen LogP contribution >= 0.6 is 15.9 Å². The van der Waals surface area contributed by atoms with E-state index in [0.29, 0.717) is 11.0 Å². The molecule has 0 atom stereocenters. The molecule has 3 N–H and O–H groups in total. The van der Waals surface area contributed by atoms with Crippen LogP contribution < -0.4 is 5.32 Å². The minimum absolute atomic E-state index is 0.0690. The number of rotatable bonds is 5. The molecule has 1 aliphatic carbocycles. The van der Waals surface area contributed by atoms with E-state index >= 15 is 0 Å². The second-order valence-electron chi connectivity index (χ2n) is 5.27. The number of amides is 1. The van der Waals surface area contributed by atoms with E-state index in [1.807, 2.05) is 0 Å². The van der Waals surface area contributed by atoms with Crippen molar-refractivity contribution in [2.75, 3.05) is 6.54 Å². The summed E-state index contributed by atoms with van der Waals surface area (Å²) in [6.07, 6.45) is 2.68. The molecule has 0 aromatic heterocycles. The van der Waals surface area contributed by atoms with E-state index in [9.17, 15) is 14.7 Å². The number of benzene rings is 1. The number of carbonyl (C=O) groups excluding carboxylic acids is 1. The molecule has 1 saturated carbocycles. The van der Waals surface area contributed by atoms with E-state index in [1.165, 1.54) is 12.1 Å². The molecule has 0 bridgehead atoms. The van der Waals surface area contributed by atoms with Crippen LogP contribution in [0.1, 0.15) is 36.0 Å². The topological polar surface area (TPSA) is 86.6 Å². The summed E-state index contributed by atoms with van der Waals surface area (Å²) >= 11 is 3.21. The third-order valence-electron chi connectivity index (χ3n) is 3.77. The number of carboxylic acid groups (broad SMARTS) is 1. The molecule has 0 radical (unpaired) electrons. The fraction of sp³-hybridized carbons (Fsp3) is 0.429. The number of hydrogen-bond donors (Lipinski definition) is 3. The van der Waals surface area contributed by atoms with E-state index in [-0.39, 0.29) is 29.1 Å². The van der Waals surface area contributed by atoms with Crippen LogP contribution in [0.2, 0.25) is 0 Å². The van der Waals surface area contributed by atoms with Gasteiger partial charge in [0.2, 0.25) is 0 Å². The SMILES string of the molecule is O=C(O)CC1(CNC(=O)c2ccc(Br)cc2O)CCC1. The minimum atomic E-state index is -0.842. The molecule has 1 aromatic rings. The molecule has 0 heterocycles. The Bertz CT molecular complexity index is 540. The van der Waals surface area contributed by atoms with E-state index in [1.54, 1.807) is 6.07 Å². The molecule has 20 heavy (non-hydrogen) atoms. The summed E-state index contributed by atoms with van der Waals surface area (Å²) in [5.41, 5.74) is -0.134. The average molecular weight is 342 g/mol. The van der Waals surface area contributed by atoms with Gasteiger partial charge in [0.1, 0.15) is 5.75 Å². The molecule has 108 valence electrons. The summed E-state index contributed by atoms with van der Waals surface area (Å²) in [4.78, 5) is 22.9. The van der Waals surface area contributed by atoms with Gasteiger partial charge in [-0.2, -0.15) is 0 Å². The predicted molar refractivity (Wildman–Crippen MR) is 76.7 cm³/mol. The van der Waals surface area contributed by atoms with Gasteiger partial charge in [0.25, 0.3) is 5.91 Å². The number of phenols is 1. The summed E-state index contributed by atoms with van der Waals surface area (Å²) in [6.45, 7) is 0.327. The first-order chi connectivity index (χ1) is 9.42. The lowest BCUT2D eigenvalue weighted by Gasteiger charge is -2.40. The summed E-state index contributed by atoms with van der Waals surface area (Å²) in [7, 11) is 0. The Morgan fingerprint density at radius 1 is 1.35 bits per heavy atom. The standard InChI is InChI=1S/C14H16BrNO4/c15-9-2-3-10(11(17)6-9)13(20)16-8-14(4-1-5-14)7-12(18)19/h2-3,6,17H,1,4-5,7-8H2,(H,16,20)(H,18,19). The molecule has 1 fully saturated rings. The molecular weight excluding hydrogens is 326 g/mol. The monoisotopic (exact) mass is 341 g/mol. The second-order valence-corrected chi connectivity index (χ2v) is 6.18. The first kappa shape index (κ1) is 14.8. The molecule has 5 nitrogen and oxygen atoms in total. The van der Waals surface area contributed by atoms with Crippen molar-refractivity contribution in [3.05, 3.63) is 28.2 Å². The largest absolute Gasteiger partial charge is 0.507 e. The number of carbonyl (C=O) groups is 2. The van der Waals surface area contributed by atoms with Crippen molar-refractivity contribution < 1.29 is 19.8 Å². The van der Waals surface area contributed by atoms with Crippen molar-refractivity contribution in [3.63, 3.8) is 0 Å². The third kappa shape index (κ3) is 3.30. The van der Waals surface area contributed by atoms with E-state index in [4.69, 9.17) is 5.11 Å². The Morgan fingerprint density at radius 2 is 2.05 bits per heavy atom. The van der Waals surface area contributed by atoms with Crippen LogP contribution in [0.4, 0.5) is 0 Å². The Kier molecular flexibility index (Phi) is 4.32. The van der Waals surface area contributed by atoms with Crippen molar-refractivity contribution in [1.29, 1.82) is 0 Å². The molecule has 0 aliphatic heterocycles. The summed E-state index contributed by atoms with van der Waals surface area (Å²) in [5, 5.41) is 21.4. The van der Waals surface area contributed by atoms with Gasteiger partial charge in [0.05, 0.1) is 12.0 Å². The maximum Gasteiger partial charge on any atom is 0.303 e. The molecule has 2 rings (SSSR count). The highest BCUT2D eigenvalue weighted by Gasteiger charge is 2.39. The lowest BCUT2D eigenvalue weighted by molar-refractivity contribution is -0.141. The highest BCUT2D eigenvalue weighted by Crippen LogP contribution is 2.43. The van der Waals surface area contributed by atoms with Gasteiger partial charge in [-0.1, -0.05) is 22.4 Å². The van der Waals surface area contributed by atoms with Crippen LogP contribution in [0.3, 0.4) is 0 Å². The number of aromatic hydroxyl groups is 1. The zero-order valence-corrected chi connectivity index (χ0v) is 12.4. The fourth-order valence-corrected chi connectivity index (χ4v) is 2.82. The van der Waals surface area contributed by atoms with Crippen molar-refractivity contribution in [2.24, 2.45) is 5.41 Å². The Morgan fingerprint density at radius 3 is 2.55 bits per heavy atom. The van der Waals surface area contributed by atoms with Gasteiger partial charge >= 0.3 is 5.97 Å². The van der Waals surface area contributed by atoms with Crippen LogP contribution in [0.5, 0.6) is 5.75 Å². The van der Waals surface area contributed by atoms with Crippen molar-refractivity contribution in [3.8, 4) is 5.75 Å². The van der Waals surface area contributed by atoms with Crippen LogP contribution in [-0.2, 0) is 4.79 Å². The summed E-state index contributed by atoms with van der Waals surface area (Å²) in [5.74, 6) is -1.32. The summed E-state index contributed by atoms with van der Waals surface area (Å²) in [6, 6.07) is 4.65. The molecular formula is C14H16BrNO4. The zero-order chi connectivity index (χ0) is 14.8. The van der Waals surface area contributed by atoms with Gasteiger partial charge in [-0.3, -0.25) is 9.59 Å². The minimum Gasteiger partial charge on any atom is -0.507 e. The maximum absolute atomic E-state index is 12.0. The molecule has 0 saturated heterocycles. The van der Waals surface area contributed by atoms with E-state index < -0.39 is 5.97 Å². The van der Waals surface area contributed by atoms with Crippen LogP contribution in [0.25, 0.3) is 0 Å². The normalized spacial score (nSPS) is 16.2. The number of phenolic OH excluding ortho intramolecular Hbond substituents is 1. The third-order valence-corrected chi connectivity index (χ3v) is 4.26. The first-order valence-electron chi connectivity index (χ1n) is 6.40. The first-order valence-corrected chi connectivity index (χ1v) is 7.20. The van der Waals surface area contributed by atoms with Gasteiger partial charge in [-0.15, -0.1) is 0 Å². The molecule has 0 spiro atoms. The molecule has 1 aliphatic rings. The van der Waals surface area contributed by atoms with Gasteiger partial charge < -0.3 is 15.5 Å². The Labute approximate surface area is 125 Å². The summed E-state index contributed by atoms with van der Waals surface area (Å²) < 4.78 is 0.688. The van der Waals surface area contributed by atoms with Crippen LogP contribution in [0, 0.1) is 5.41 Å². The van der Waals surface area contributed by atoms with Crippen LogP contribution in [0.15, 0.2) is 22.7 Å². The number of carboxylic acids is 1. The quantitative estimate of drug-likeness (QED) is 0.767. The molecule has 1 amide bonds. The molecule has 1 aromatic carbocycles. The van der Waals surface area contributed by atoms with Gasteiger partial charge in [-0.05, 0) is 36.5 Å². The molecule has 0 unspecified atom stereocenters. The van der Waals surface area contributed by atoms with Crippen LogP contribution in [-0.4, -0.2) is 28.6 Å².